The van der Waals surface area contributed by atoms with E-state index in [1.165, 1.54) is 0 Å². The van der Waals surface area contributed by atoms with Gasteiger partial charge >= 0.3 is 0 Å². The van der Waals surface area contributed by atoms with Crippen molar-refractivity contribution >= 4 is 43.1 Å². The Kier molecular flexibility index (Phi) is 4.39. The van der Waals surface area contributed by atoms with Crippen LogP contribution in [0, 0.1) is 0 Å². The lowest BCUT2D eigenvalue weighted by Gasteiger charge is -2.00. The van der Waals surface area contributed by atoms with Crippen LogP contribution in [0.4, 0.5) is 0 Å². The molecule has 7 rings (SSSR count). The van der Waals surface area contributed by atoms with Gasteiger partial charge in [-0.3, -0.25) is 10.2 Å². The van der Waals surface area contributed by atoms with Crippen LogP contribution in [0.25, 0.3) is 64.4 Å². The molecule has 162 valence electrons. The van der Waals surface area contributed by atoms with Crippen LogP contribution in [0.1, 0.15) is 0 Å². The van der Waals surface area contributed by atoms with Crippen molar-refractivity contribution in [3.8, 4) is 43.9 Å². The van der Waals surface area contributed by atoms with Crippen molar-refractivity contribution in [2.75, 3.05) is 0 Å². The van der Waals surface area contributed by atoms with Crippen molar-refractivity contribution < 1.29 is 0 Å². The fourth-order valence-corrected chi connectivity index (χ4v) is 5.83. The van der Waals surface area contributed by atoms with E-state index >= 15 is 0 Å². The van der Waals surface area contributed by atoms with Gasteiger partial charge in [-0.25, -0.2) is 9.97 Å². The van der Waals surface area contributed by atoms with Gasteiger partial charge in [0.2, 0.25) is 0 Å². The summed E-state index contributed by atoms with van der Waals surface area (Å²) in [5.41, 5.74) is 7.62. The molecular formula is C26H16N6S2. The van der Waals surface area contributed by atoms with Gasteiger partial charge in [0.15, 0.2) is 0 Å². The minimum atomic E-state index is 0.873. The monoisotopic (exact) mass is 476 g/mol. The Morgan fingerprint density at radius 2 is 1.03 bits per heavy atom. The zero-order valence-electron chi connectivity index (χ0n) is 17.7. The minimum Gasteiger partial charge on any atom is -0.275 e. The second kappa shape index (κ2) is 7.72. The summed E-state index contributed by atoms with van der Waals surface area (Å²) in [4.78, 5) is 9.46. The summed E-state index contributed by atoms with van der Waals surface area (Å²) in [6.07, 6.45) is 0. The molecule has 8 heteroatoms. The summed E-state index contributed by atoms with van der Waals surface area (Å²) in [5.74, 6) is 0. The van der Waals surface area contributed by atoms with Gasteiger partial charge in [-0.1, -0.05) is 42.5 Å². The van der Waals surface area contributed by atoms with E-state index in [0.717, 1.165) is 64.4 Å². The number of aromatic amines is 2. The standard InChI is InChI=1S/C26H16N6S2/c1-3-10-23-17(8-1)27-25(33-23)21-13-19(29-31-21)15-6-5-7-16(12-15)20-14-22(32-30-20)26-28-18-9-2-4-11-24(18)34-26/h1-14H,(H,29,31)(H,30,32). The molecule has 0 saturated carbocycles. The van der Waals surface area contributed by atoms with Gasteiger partial charge in [-0.2, -0.15) is 10.2 Å². The third kappa shape index (κ3) is 3.32. The van der Waals surface area contributed by atoms with Gasteiger partial charge in [0, 0.05) is 11.1 Å². The smallest absolute Gasteiger partial charge is 0.142 e. The van der Waals surface area contributed by atoms with E-state index in [2.05, 4.69) is 50.7 Å². The molecule has 3 aromatic carbocycles. The Balaban J connectivity index is 1.20. The first-order chi connectivity index (χ1) is 16.8. The Bertz CT molecular complexity index is 1590. The lowest BCUT2D eigenvalue weighted by atomic mass is 10.1. The molecular weight excluding hydrogens is 460 g/mol. The van der Waals surface area contributed by atoms with Crippen molar-refractivity contribution in [3.63, 3.8) is 0 Å². The topological polar surface area (TPSA) is 83.1 Å². The fraction of sp³-hybridized carbons (Fsp3) is 0. The molecule has 34 heavy (non-hydrogen) atoms. The van der Waals surface area contributed by atoms with E-state index in [4.69, 9.17) is 9.97 Å². The highest BCUT2D eigenvalue weighted by Crippen LogP contribution is 2.33. The van der Waals surface area contributed by atoms with Crippen LogP contribution < -0.4 is 0 Å². The van der Waals surface area contributed by atoms with Crippen molar-refractivity contribution in [1.82, 2.24) is 30.4 Å². The lowest BCUT2D eigenvalue weighted by molar-refractivity contribution is 1.09. The summed E-state index contributed by atoms with van der Waals surface area (Å²) in [7, 11) is 0. The highest BCUT2D eigenvalue weighted by Gasteiger charge is 2.13. The van der Waals surface area contributed by atoms with Crippen LogP contribution >= 0.6 is 22.7 Å². The fourth-order valence-electron chi connectivity index (χ4n) is 3.97. The number of H-pyrrole nitrogens is 2. The molecule has 0 radical (unpaired) electrons. The van der Waals surface area contributed by atoms with Crippen molar-refractivity contribution in [2.24, 2.45) is 0 Å². The maximum atomic E-state index is 4.73. The van der Waals surface area contributed by atoms with Crippen molar-refractivity contribution in [2.45, 2.75) is 0 Å². The SMILES string of the molecule is c1cc(-c2cc(-c3nc4ccccc4s3)[nH]n2)cc(-c2cc(-c3nc4ccccc4s3)[nH]n2)c1. The van der Waals surface area contributed by atoms with Gasteiger partial charge in [0.25, 0.3) is 0 Å². The maximum Gasteiger partial charge on any atom is 0.142 e. The number of aromatic nitrogens is 6. The molecule has 0 atom stereocenters. The summed E-state index contributed by atoms with van der Waals surface area (Å²) in [6.45, 7) is 0. The largest absolute Gasteiger partial charge is 0.275 e. The van der Waals surface area contributed by atoms with E-state index in [9.17, 15) is 0 Å². The summed E-state index contributed by atoms with van der Waals surface area (Å²) in [6, 6.07) is 28.7. The van der Waals surface area contributed by atoms with Crippen LogP contribution in [-0.4, -0.2) is 30.4 Å². The zero-order chi connectivity index (χ0) is 22.5. The van der Waals surface area contributed by atoms with Crippen LogP contribution in [0.3, 0.4) is 0 Å². The van der Waals surface area contributed by atoms with Crippen LogP contribution in [0.15, 0.2) is 84.9 Å². The predicted molar refractivity (Wildman–Crippen MR) is 139 cm³/mol. The molecule has 2 N–H and O–H groups in total. The number of thiazole rings is 2. The van der Waals surface area contributed by atoms with E-state index in [1.807, 2.05) is 54.6 Å². The first-order valence-electron chi connectivity index (χ1n) is 10.7. The maximum absolute atomic E-state index is 4.73. The number of nitrogens with one attached hydrogen (secondary N) is 2. The number of hydrogen-bond acceptors (Lipinski definition) is 6. The van der Waals surface area contributed by atoms with E-state index in [0.29, 0.717) is 0 Å². The molecule has 7 aromatic rings. The van der Waals surface area contributed by atoms with Crippen LogP contribution in [-0.2, 0) is 0 Å². The number of fused-ring (bicyclic) bond motifs is 2. The Labute approximate surface area is 202 Å². The first kappa shape index (κ1) is 19.3. The van der Waals surface area contributed by atoms with Gasteiger partial charge in [0.05, 0.1) is 43.2 Å². The van der Waals surface area contributed by atoms with Crippen molar-refractivity contribution in [1.29, 1.82) is 0 Å². The highest BCUT2D eigenvalue weighted by atomic mass is 32.1. The molecule has 6 nitrogen and oxygen atoms in total. The van der Waals surface area contributed by atoms with Crippen LogP contribution in [0.5, 0.6) is 0 Å². The van der Waals surface area contributed by atoms with Gasteiger partial charge in [-0.05, 0) is 42.5 Å². The molecule has 0 amide bonds. The first-order valence-corrected chi connectivity index (χ1v) is 12.4. The quantitative estimate of drug-likeness (QED) is 0.286. The molecule has 4 aromatic heterocycles. The average Bonchev–Trinajstić information content (AvgIpc) is 3.67. The Morgan fingerprint density at radius 1 is 0.529 bits per heavy atom. The van der Waals surface area contributed by atoms with Gasteiger partial charge in [0.1, 0.15) is 10.0 Å². The van der Waals surface area contributed by atoms with Gasteiger partial charge < -0.3 is 0 Å². The zero-order valence-corrected chi connectivity index (χ0v) is 19.3. The molecule has 0 aliphatic rings. The van der Waals surface area contributed by atoms with Gasteiger partial charge in [-0.15, -0.1) is 22.7 Å². The third-order valence-electron chi connectivity index (χ3n) is 5.66. The Morgan fingerprint density at radius 3 is 1.53 bits per heavy atom. The number of rotatable bonds is 4. The number of benzene rings is 3. The molecule has 0 fully saturated rings. The second-order valence-electron chi connectivity index (χ2n) is 7.89. The van der Waals surface area contributed by atoms with E-state index in [-0.39, 0.29) is 0 Å². The molecule has 0 aliphatic carbocycles. The summed E-state index contributed by atoms with van der Waals surface area (Å²) in [5, 5.41) is 17.3. The molecule has 0 saturated heterocycles. The third-order valence-corrected chi connectivity index (χ3v) is 7.80. The van der Waals surface area contributed by atoms with E-state index < -0.39 is 0 Å². The number of nitrogens with zero attached hydrogens (tertiary/aromatic N) is 4. The number of para-hydroxylation sites is 2. The number of hydrogen-bond donors (Lipinski definition) is 2. The molecule has 4 heterocycles. The molecule has 0 unspecified atom stereocenters. The summed E-state index contributed by atoms with van der Waals surface area (Å²) >= 11 is 3.32. The van der Waals surface area contributed by atoms with E-state index in [1.54, 1.807) is 22.7 Å². The molecule has 0 aliphatic heterocycles. The average molecular weight is 477 g/mol. The summed E-state index contributed by atoms with van der Waals surface area (Å²) < 4.78 is 2.33. The lowest BCUT2D eigenvalue weighted by Crippen LogP contribution is -1.82. The predicted octanol–water partition coefficient (Wildman–Crippen LogP) is 7.02. The Hall–Kier alpha value is -4.14. The molecule has 0 bridgehead atoms. The molecule has 0 spiro atoms. The minimum absolute atomic E-state index is 0.873. The van der Waals surface area contributed by atoms with Crippen molar-refractivity contribution in [3.05, 3.63) is 84.9 Å². The highest BCUT2D eigenvalue weighted by molar-refractivity contribution is 7.22. The normalized spacial score (nSPS) is 11.5. The van der Waals surface area contributed by atoms with Crippen LogP contribution in [0.2, 0.25) is 0 Å². The second-order valence-corrected chi connectivity index (χ2v) is 9.95.